The molecule has 1 unspecified atom stereocenters. The molecule has 0 bridgehead atoms. The fourth-order valence-electron chi connectivity index (χ4n) is 6.39. The predicted octanol–water partition coefficient (Wildman–Crippen LogP) is 3.83. The summed E-state index contributed by atoms with van der Waals surface area (Å²) in [6.45, 7) is 5.43. The number of rotatable bonds is 14. The minimum atomic E-state index is -0.857. The minimum absolute atomic E-state index is 0.0556. The lowest BCUT2D eigenvalue weighted by Gasteiger charge is -2.30. The molecule has 10 nitrogen and oxygen atoms in total. The van der Waals surface area contributed by atoms with Gasteiger partial charge in [0.05, 0.1) is 12.5 Å². The molecule has 3 aliphatic rings. The maximum absolute atomic E-state index is 13.8. The number of amides is 1. The summed E-state index contributed by atoms with van der Waals surface area (Å²) in [5, 5.41) is 10.6. The molecular formula is C32H43N3O7. The number of aryl methyl sites for hydroxylation is 1. The van der Waals surface area contributed by atoms with Crippen LogP contribution in [0.5, 0.6) is 23.0 Å². The molecule has 5 rings (SSSR count). The van der Waals surface area contributed by atoms with E-state index in [1.54, 1.807) is 0 Å². The van der Waals surface area contributed by atoms with Gasteiger partial charge in [-0.15, -0.1) is 0 Å². The Labute approximate surface area is 248 Å². The van der Waals surface area contributed by atoms with E-state index in [4.69, 9.17) is 18.9 Å². The molecule has 0 saturated carbocycles. The van der Waals surface area contributed by atoms with Crippen molar-refractivity contribution in [1.29, 1.82) is 0 Å². The molecule has 1 saturated heterocycles. The van der Waals surface area contributed by atoms with Crippen LogP contribution >= 0.6 is 0 Å². The Balaban J connectivity index is 1.39. The second-order valence-electron chi connectivity index (χ2n) is 11.7. The van der Waals surface area contributed by atoms with E-state index in [0.29, 0.717) is 49.7 Å². The summed E-state index contributed by atoms with van der Waals surface area (Å²) in [5.74, 6) is 0.943. The van der Waals surface area contributed by atoms with Crippen LogP contribution in [0.2, 0.25) is 0 Å². The first-order chi connectivity index (χ1) is 20.4. The number of aliphatic carboxylic acids is 1. The number of hydrogen-bond donors (Lipinski definition) is 1. The average molecular weight is 582 g/mol. The number of carboxylic acids is 1. The van der Waals surface area contributed by atoms with Crippen molar-refractivity contribution in [2.24, 2.45) is 5.92 Å². The number of nitrogens with zero attached hydrogens (tertiary/aromatic N) is 3. The second kappa shape index (κ2) is 13.6. The smallest absolute Gasteiger partial charge is 0.308 e. The zero-order valence-corrected chi connectivity index (χ0v) is 24.9. The molecule has 0 radical (unpaired) electrons. The van der Waals surface area contributed by atoms with Gasteiger partial charge in [0, 0.05) is 31.6 Å². The Morgan fingerprint density at radius 1 is 0.952 bits per heavy atom. The van der Waals surface area contributed by atoms with E-state index in [0.717, 1.165) is 42.7 Å². The van der Waals surface area contributed by atoms with E-state index in [1.807, 2.05) is 55.4 Å². The van der Waals surface area contributed by atoms with Gasteiger partial charge >= 0.3 is 5.97 Å². The molecule has 3 aliphatic heterocycles. The van der Waals surface area contributed by atoms with Gasteiger partial charge in [0.25, 0.3) is 0 Å². The monoisotopic (exact) mass is 581 g/mol. The predicted molar refractivity (Wildman–Crippen MR) is 157 cm³/mol. The highest BCUT2D eigenvalue weighted by Gasteiger charge is 2.47. The first kappa shape index (κ1) is 30.0. The molecule has 2 aromatic rings. The molecule has 0 aromatic heterocycles. The van der Waals surface area contributed by atoms with Crippen LogP contribution in [0.3, 0.4) is 0 Å². The van der Waals surface area contributed by atoms with Gasteiger partial charge < -0.3 is 33.9 Å². The third kappa shape index (κ3) is 6.76. The van der Waals surface area contributed by atoms with Crippen molar-refractivity contribution >= 4 is 11.9 Å². The number of fused-ring (bicyclic) bond motifs is 2. The number of benzene rings is 2. The topological polar surface area (TPSA) is 101 Å². The van der Waals surface area contributed by atoms with E-state index >= 15 is 0 Å². The summed E-state index contributed by atoms with van der Waals surface area (Å²) in [6, 6.07) is 11.2. The summed E-state index contributed by atoms with van der Waals surface area (Å²) in [7, 11) is 4.07. The maximum atomic E-state index is 13.8. The fraction of sp³-hybridized carbons (Fsp3) is 0.562. The summed E-state index contributed by atoms with van der Waals surface area (Å²) in [6.07, 6.45) is 4.02. The van der Waals surface area contributed by atoms with Gasteiger partial charge in [-0.3, -0.25) is 14.5 Å². The largest absolute Gasteiger partial charge is 0.481 e. The summed E-state index contributed by atoms with van der Waals surface area (Å²) in [4.78, 5) is 32.9. The number of carbonyl (C=O) groups is 2. The van der Waals surface area contributed by atoms with E-state index in [9.17, 15) is 14.7 Å². The molecule has 3 atom stereocenters. The molecule has 10 heteroatoms. The van der Waals surface area contributed by atoms with Crippen LogP contribution in [0.25, 0.3) is 0 Å². The molecule has 2 aromatic carbocycles. The summed E-state index contributed by atoms with van der Waals surface area (Å²) in [5.41, 5.74) is 1.87. The molecular weight excluding hydrogens is 538 g/mol. The van der Waals surface area contributed by atoms with E-state index in [2.05, 4.69) is 16.7 Å². The highest BCUT2D eigenvalue weighted by atomic mass is 16.7. The number of carboxylic acid groups (broad SMARTS) is 1. The standard InChI is InChI=1S/C32H43N3O7/c1-4-5-15-34(16-7-14-33(2)3)29(36)19-35-18-24(23-11-13-26-28(17-23)41-20-39-26)30(32(37)38)25(35)12-10-22-8-6-9-27-31(22)42-21-40-27/h6,8-9,11,13,17,24-25,30H,4-5,7,10,12,14-16,18-21H2,1-3H3,(H,37,38)/t24-,25+,30?/m1/s1. The SMILES string of the molecule is CCCCN(CCCN(C)C)C(=O)CN1C[C@H](c2ccc3c(c2)OCO3)C(C(=O)O)[C@@H]1CCc1cccc2c1OCO2. The third-order valence-corrected chi connectivity index (χ3v) is 8.55. The molecule has 1 amide bonds. The van der Waals surface area contributed by atoms with Crippen molar-refractivity contribution in [2.75, 3.05) is 60.4 Å². The van der Waals surface area contributed by atoms with Crippen molar-refractivity contribution in [3.63, 3.8) is 0 Å². The van der Waals surface area contributed by atoms with Gasteiger partial charge in [0.15, 0.2) is 23.0 Å². The Morgan fingerprint density at radius 3 is 2.50 bits per heavy atom. The molecule has 1 N–H and O–H groups in total. The number of ether oxygens (including phenoxy) is 4. The Kier molecular flexibility index (Phi) is 9.74. The van der Waals surface area contributed by atoms with Crippen LogP contribution in [-0.4, -0.2) is 98.1 Å². The van der Waals surface area contributed by atoms with Crippen LogP contribution in [0.1, 0.15) is 49.7 Å². The van der Waals surface area contributed by atoms with Crippen molar-refractivity contribution in [3.8, 4) is 23.0 Å². The second-order valence-corrected chi connectivity index (χ2v) is 11.7. The number of hydrogen-bond acceptors (Lipinski definition) is 8. The first-order valence-corrected chi connectivity index (χ1v) is 15.0. The molecule has 1 fully saturated rings. The Bertz CT molecular complexity index is 1250. The van der Waals surface area contributed by atoms with Gasteiger partial charge in [-0.05, 0) is 75.6 Å². The molecule has 3 heterocycles. The number of likely N-dealkylation sites (tertiary alicyclic amines) is 1. The zero-order valence-electron chi connectivity index (χ0n) is 24.9. The third-order valence-electron chi connectivity index (χ3n) is 8.55. The van der Waals surface area contributed by atoms with Gasteiger partial charge in [-0.25, -0.2) is 0 Å². The van der Waals surface area contributed by atoms with Crippen LogP contribution in [-0.2, 0) is 16.0 Å². The molecule has 42 heavy (non-hydrogen) atoms. The molecule has 228 valence electrons. The Hall–Kier alpha value is -3.50. The van der Waals surface area contributed by atoms with Crippen LogP contribution in [0, 0.1) is 5.92 Å². The van der Waals surface area contributed by atoms with Crippen molar-refractivity contribution in [3.05, 3.63) is 47.5 Å². The number of unbranched alkanes of at least 4 members (excludes halogenated alkanes) is 1. The first-order valence-electron chi connectivity index (χ1n) is 15.0. The highest BCUT2D eigenvalue weighted by Crippen LogP contribution is 2.44. The molecule has 0 spiro atoms. The van der Waals surface area contributed by atoms with Crippen LogP contribution < -0.4 is 18.9 Å². The van der Waals surface area contributed by atoms with E-state index in [-0.39, 0.29) is 38.0 Å². The summed E-state index contributed by atoms with van der Waals surface area (Å²) >= 11 is 0. The lowest BCUT2D eigenvalue weighted by molar-refractivity contribution is -0.143. The van der Waals surface area contributed by atoms with Crippen LogP contribution in [0.4, 0.5) is 0 Å². The van der Waals surface area contributed by atoms with Crippen molar-refractivity contribution < 1.29 is 33.6 Å². The highest BCUT2D eigenvalue weighted by molar-refractivity contribution is 5.79. The lowest BCUT2D eigenvalue weighted by Crippen LogP contribution is -2.45. The van der Waals surface area contributed by atoms with Gasteiger partial charge in [0.2, 0.25) is 19.5 Å². The minimum Gasteiger partial charge on any atom is -0.481 e. The van der Waals surface area contributed by atoms with Gasteiger partial charge in [0.1, 0.15) is 0 Å². The van der Waals surface area contributed by atoms with Crippen molar-refractivity contribution in [1.82, 2.24) is 14.7 Å². The fourth-order valence-corrected chi connectivity index (χ4v) is 6.39. The lowest BCUT2D eigenvalue weighted by atomic mass is 9.83. The maximum Gasteiger partial charge on any atom is 0.308 e. The van der Waals surface area contributed by atoms with Gasteiger partial charge in [-0.1, -0.05) is 31.5 Å². The molecule has 0 aliphatic carbocycles. The normalized spacial score (nSPS) is 20.8. The number of para-hydroxylation sites is 1. The van der Waals surface area contributed by atoms with E-state index in [1.165, 1.54) is 0 Å². The van der Waals surface area contributed by atoms with Crippen molar-refractivity contribution in [2.45, 2.75) is 51.0 Å². The summed E-state index contributed by atoms with van der Waals surface area (Å²) < 4.78 is 22.4. The zero-order chi connectivity index (χ0) is 29.6. The Morgan fingerprint density at radius 2 is 1.71 bits per heavy atom. The quantitative estimate of drug-likeness (QED) is 0.357. The average Bonchev–Trinajstić information content (AvgIpc) is 3.71. The van der Waals surface area contributed by atoms with Gasteiger partial charge in [-0.2, -0.15) is 0 Å². The number of carbonyl (C=O) groups excluding carboxylic acids is 1. The van der Waals surface area contributed by atoms with E-state index < -0.39 is 11.9 Å². The van der Waals surface area contributed by atoms with Crippen LogP contribution in [0.15, 0.2) is 36.4 Å².